The summed E-state index contributed by atoms with van der Waals surface area (Å²) in [4.78, 5) is 8.19. The van der Waals surface area contributed by atoms with Crippen LogP contribution in [0, 0.1) is 5.82 Å². The van der Waals surface area contributed by atoms with Crippen LogP contribution in [0.1, 0.15) is 5.56 Å². The molecule has 1 aromatic heterocycles. The first-order valence-electron chi connectivity index (χ1n) is 6.64. The van der Waals surface area contributed by atoms with Crippen LogP contribution in [-0.2, 0) is 6.54 Å². The van der Waals surface area contributed by atoms with E-state index in [1.807, 2.05) is 18.2 Å². The van der Waals surface area contributed by atoms with E-state index in [0.29, 0.717) is 23.3 Å². The molecule has 1 heterocycles. The Morgan fingerprint density at radius 1 is 1.23 bits per heavy atom. The molecule has 6 heteroatoms. The Kier molecular flexibility index (Phi) is 4.20. The predicted molar refractivity (Wildman–Crippen MR) is 87.5 cm³/mol. The predicted octanol–water partition coefficient (Wildman–Crippen LogP) is 4.15. The van der Waals surface area contributed by atoms with Crippen LogP contribution in [0.4, 0.5) is 10.2 Å². The molecule has 0 amide bonds. The Labute approximate surface area is 135 Å². The van der Waals surface area contributed by atoms with E-state index >= 15 is 0 Å². The number of nitrogens with one attached hydrogen (secondary N) is 1. The standard InChI is InChI=1S/C16H13BrFN3O/c1-22-14-6-5-11(17)7-10(14)8-19-16-12-3-2-4-13(18)15(12)20-9-21-16/h2-7,9H,8H2,1H3,(H,19,20,21). The second kappa shape index (κ2) is 6.27. The van der Waals surface area contributed by atoms with Gasteiger partial charge < -0.3 is 10.1 Å². The maximum Gasteiger partial charge on any atom is 0.149 e. The maximum atomic E-state index is 13.8. The number of rotatable bonds is 4. The Morgan fingerprint density at radius 2 is 2.09 bits per heavy atom. The normalized spacial score (nSPS) is 10.7. The molecule has 112 valence electrons. The lowest BCUT2D eigenvalue weighted by Crippen LogP contribution is -2.04. The smallest absolute Gasteiger partial charge is 0.149 e. The van der Waals surface area contributed by atoms with Crippen LogP contribution < -0.4 is 10.1 Å². The number of aromatic nitrogens is 2. The lowest BCUT2D eigenvalue weighted by molar-refractivity contribution is 0.410. The second-order valence-corrected chi connectivity index (χ2v) is 5.58. The van der Waals surface area contributed by atoms with E-state index in [2.05, 4.69) is 31.2 Å². The summed E-state index contributed by atoms with van der Waals surface area (Å²) in [6.45, 7) is 0.505. The van der Waals surface area contributed by atoms with Crippen molar-refractivity contribution in [3.63, 3.8) is 0 Å². The number of halogens is 2. The Hall–Kier alpha value is -2.21. The highest BCUT2D eigenvalue weighted by atomic mass is 79.9. The van der Waals surface area contributed by atoms with Crippen molar-refractivity contribution in [2.45, 2.75) is 6.54 Å². The maximum absolute atomic E-state index is 13.8. The van der Waals surface area contributed by atoms with E-state index in [0.717, 1.165) is 15.8 Å². The monoisotopic (exact) mass is 361 g/mol. The van der Waals surface area contributed by atoms with Crippen LogP contribution in [0.3, 0.4) is 0 Å². The zero-order valence-corrected chi connectivity index (χ0v) is 13.4. The lowest BCUT2D eigenvalue weighted by Gasteiger charge is -2.12. The third-order valence-corrected chi connectivity index (χ3v) is 3.80. The van der Waals surface area contributed by atoms with Crippen molar-refractivity contribution in [1.29, 1.82) is 0 Å². The molecule has 0 saturated carbocycles. The van der Waals surface area contributed by atoms with Gasteiger partial charge in [0, 0.05) is 22.0 Å². The quantitative estimate of drug-likeness (QED) is 0.758. The summed E-state index contributed by atoms with van der Waals surface area (Å²) in [7, 11) is 1.63. The summed E-state index contributed by atoms with van der Waals surface area (Å²) in [6.07, 6.45) is 1.35. The van der Waals surface area contributed by atoms with E-state index in [-0.39, 0.29) is 5.82 Å². The fourth-order valence-corrected chi connectivity index (χ4v) is 2.67. The van der Waals surface area contributed by atoms with E-state index in [4.69, 9.17) is 4.74 Å². The first kappa shape index (κ1) is 14.7. The number of para-hydroxylation sites is 1. The molecule has 0 spiro atoms. The van der Waals surface area contributed by atoms with Gasteiger partial charge in [-0.05, 0) is 30.3 Å². The summed E-state index contributed by atoms with van der Waals surface area (Å²) in [5.41, 5.74) is 1.28. The van der Waals surface area contributed by atoms with Crippen molar-refractivity contribution < 1.29 is 9.13 Å². The molecule has 0 aliphatic heterocycles. The average Bonchev–Trinajstić information content (AvgIpc) is 2.53. The number of fused-ring (bicyclic) bond motifs is 1. The molecule has 0 radical (unpaired) electrons. The fraction of sp³-hybridized carbons (Fsp3) is 0.125. The number of anilines is 1. The molecule has 1 N–H and O–H groups in total. The van der Waals surface area contributed by atoms with E-state index in [1.165, 1.54) is 12.4 Å². The summed E-state index contributed by atoms with van der Waals surface area (Å²) < 4.78 is 20.1. The molecule has 0 saturated heterocycles. The molecule has 0 aliphatic rings. The van der Waals surface area contributed by atoms with Crippen LogP contribution in [0.2, 0.25) is 0 Å². The van der Waals surface area contributed by atoms with Gasteiger partial charge in [-0.3, -0.25) is 0 Å². The van der Waals surface area contributed by atoms with Crippen LogP contribution in [0.15, 0.2) is 47.2 Å². The number of hydrogen-bond acceptors (Lipinski definition) is 4. The third kappa shape index (κ3) is 2.87. The van der Waals surface area contributed by atoms with Gasteiger partial charge in [0.25, 0.3) is 0 Å². The molecule has 2 aromatic carbocycles. The Bertz CT molecular complexity index is 826. The fourth-order valence-electron chi connectivity index (χ4n) is 2.26. The third-order valence-electron chi connectivity index (χ3n) is 3.30. The molecule has 22 heavy (non-hydrogen) atoms. The van der Waals surface area contributed by atoms with Gasteiger partial charge in [0.1, 0.15) is 29.2 Å². The largest absolute Gasteiger partial charge is 0.496 e. The number of methoxy groups -OCH3 is 1. The average molecular weight is 362 g/mol. The highest BCUT2D eigenvalue weighted by molar-refractivity contribution is 9.10. The van der Waals surface area contributed by atoms with Gasteiger partial charge in [0.05, 0.1) is 7.11 Å². The van der Waals surface area contributed by atoms with Crippen molar-refractivity contribution in [1.82, 2.24) is 9.97 Å². The molecular formula is C16H13BrFN3O. The van der Waals surface area contributed by atoms with Gasteiger partial charge in [-0.1, -0.05) is 22.0 Å². The molecule has 3 aromatic rings. The first-order valence-corrected chi connectivity index (χ1v) is 7.44. The van der Waals surface area contributed by atoms with E-state index < -0.39 is 0 Å². The van der Waals surface area contributed by atoms with Crippen molar-refractivity contribution in [3.05, 3.63) is 58.6 Å². The second-order valence-electron chi connectivity index (χ2n) is 4.67. The SMILES string of the molecule is COc1ccc(Br)cc1CNc1ncnc2c(F)cccc12. The Balaban J connectivity index is 1.92. The van der Waals surface area contributed by atoms with Crippen molar-refractivity contribution in [2.75, 3.05) is 12.4 Å². The zero-order valence-electron chi connectivity index (χ0n) is 11.8. The Morgan fingerprint density at radius 3 is 2.91 bits per heavy atom. The van der Waals surface area contributed by atoms with Crippen molar-refractivity contribution in [3.8, 4) is 5.75 Å². The first-order chi connectivity index (χ1) is 10.7. The van der Waals surface area contributed by atoms with Crippen LogP contribution >= 0.6 is 15.9 Å². The molecule has 0 aliphatic carbocycles. The summed E-state index contributed by atoms with van der Waals surface area (Å²) in [5.74, 6) is 1.01. The number of ether oxygens (including phenoxy) is 1. The topological polar surface area (TPSA) is 47.0 Å². The summed E-state index contributed by atoms with van der Waals surface area (Å²) >= 11 is 3.44. The van der Waals surface area contributed by atoms with Gasteiger partial charge >= 0.3 is 0 Å². The van der Waals surface area contributed by atoms with Gasteiger partial charge in [0.15, 0.2) is 0 Å². The number of hydrogen-bond donors (Lipinski definition) is 1. The number of nitrogens with zero attached hydrogens (tertiary/aromatic N) is 2. The van der Waals surface area contributed by atoms with Crippen molar-refractivity contribution >= 4 is 32.7 Å². The van der Waals surface area contributed by atoms with E-state index in [9.17, 15) is 4.39 Å². The molecular weight excluding hydrogens is 349 g/mol. The van der Waals surface area contributed by atoms with E-state index in [1.54, 1.807) is 19.2 Å². The molecule has 0 fully saturated rings. The molecule has 0 atom stereocenters. The molecule has 4 nitrogen and oxygen atoms in total. The molecule has 0 unspecified atom stereocenters. The summed E-state index contributed by atoms with van der Waals surface area (Å²) in [6, 6.07) is 10.6. The van der Waals surface area contributed by atoms with Crippen molar-refractivity contribution in [2.24, 2.45) is 0 Å². The van der Waals surface area contributed by atoms with Gasteiger partial charge in [-0.15, -0.1) is 0 Å². The van der Waals surface area contributed by atoms with Gasteiger partial charge in [-0.2, -0.15) is 0 Å². The van der Waals surface area contributed by atoms with Gasteiger partial charge in [-0.25, -0.2) is 14.4 Å². The highest BCUT2D eigenvalue weighted by Gasteiger charge is 2.09. The minimum atomic E-state index is -0.358. The van der Waals surface area contributed by atoms with Crippen LogP contribution in [0.25, 0.3) is 10.9 Å². The molecule has 0 bridgehead atoms. The zero-order chi connectivity index (χ0) is 15.5. The minimum Gasteiger partial charge on any atom is -0.496 e. The molecule has 3 rings (SSSR count). The number of benzene rings is 2. The van der Waals surface area contributed by atoms with Gasteiger partial charge in [0.2, 0.25) is 0 Å². The lowest BCUT2D eigenvalue weighted by atomic mass is 10.2. The van der Waals surface area contributed by atoms with Crippen LogP contribution in [0.5, 0.6) is 5.75 Å². The minimum absolute atomic E-state index is 0.307. The highest BCUT2D eigenvalue weighted by Crippen LogP contribution is 2.26. The van der Waals surface area contributed by atoms with Crippen LogP contribution in [-0.4, -0.2) is 17.1 Å². The summed E-state index contributed by atoms with van der Waals surface area (Å²) in [5, 5.41) is 3.86.